The molecule has 0 bridgehead atoms. The molecule has 5 heteroatoms. The predicted octanol–water partition coefficient (Wildman–Crippen LogP) is 2.48. The lowest BCUT2D eigenvalue weighted by Gasteiger charge is -2.09. The van der Waals surface area contributed by atoms with Gasteiger partial charge in [0.15, 0.2) is 17.3 Å². The summed E-state index contributed by atoms with van der Waals surface area (Å²) < 4.78 is 23.6. The number of rotatable bonds is 2. The maximum atomic E-state index is 13.5. The minimum Gasteiger partial charge on any atom is -0.493 e. The van der Waals surface area contributed by atoms with Crippen LogP contribution in [0.1, 0.15) is 5.56 Å². The molecule has 0 radical (unpaired) electrons. The van der Waals surface area contributed by atoms with E-state index in [9.17, 15) is 4.39 Å². The molecule has 0 spiro atoms. The summed E-state index contributed by atoms with van der Waals surface area (Å²) >= 11 is 3.06. The van der Waals surface area contributed by atoms with Crippen molar-refractivity contribution < 1.29 is 13.9 Å². The Morgan fingerprint density at radius 1 is 1.43 bits per heavy atom. The third kappa shape index (κ3) is 1.66. The topological polar surface area (TPSA) is 42.2 Å². The van der Waals surface area contributed by atoms with Crippen LogP contribution in [0.15, 0.2) is 10.5 Å². The Morgan fingerprint density at radius 2 is 2.07 bits per heavy atom. The van der Waals surface area contributed by atoms with E-state index in [1.54, 1.807) is 6.07 Å². The lowest BCUT2D eigenvalue weighted by molar-refractivity contribution is 0.336. The highest BCUT2D eigenvalue weighted by molar-refractivity contribution is 9.10. The van der Waals surface area contributed by atoms with E-state index in [0.717, 1.165) is 0 Å². The number of benzene rings is 1. The number of ether oxygens (including phenoxy) is 2. The van der Waals surface area contributed by atoms with E-state index in [1.165, 1.54) is 20.3 Å². The molecule has 0 amide bonds. The summed E-state index contributed by atoms with van der Waals surface area (Å²) in [6, 6.07) is 3.22. The lowest BCUT2D eigenvalue weighted by Crippen LogP contribution is -1.97. The Bertz CT molecular complexity index is 401. The van der Waals surface area contributed by atoms with E-state index >= 15 is 0 Å². The van der Waals surface area contributed by atoms with E-state index in [1.807, 2.05) is 0 Å². The SMILES string of the molecule is COc1cc(Br)c(C#N)c(F)c1OC. The van der Waals surface area contributed by atoms with Gasteiger partial charge in [-0.3, -0.25) is 0 Å². The van der Waals surface area contributed by atoms with Crippen LogP contribution in [0.5, 0.6) is 11.5 Å². The van der Waals surface area contributed by atoms with Crippen molar-refractivity contribution in [2.45, 2.75) is 0 Å². The second-order valence-electron chi connectivity index (χ2n) is 2.39. The first-order valence-electron chi connectivity index (χ1n) is 3.65. The fourth-order valence-electron chi connectivity index (χ4n) is 1.02. The summed E-state index contributed by atoms with van der Waals surface area (Å²) in [5, 5.41) is 8.67. The van der Waals surface area contributed by atoms with Crippen molar-refractivity contribution in [1.82, 2.24) is 0 Å². The average molecular weight is 260 g/mol. The molecule has 0 aromatic heterocycles. The zero-order chi connectivity index (χ0) is 10.7. The van der Waals surface area contributed by atoms with Gasteiger partial charge in [0.05, 0.1) is 14.2 Å². The number of nitrogens with zero attached hydrogens (tertiary/aromatic N) is 1. The van der Waals surface area contributed by atoms with Gasteiger partial charge in [-0.2, -0.15) is 5.26 Å². The maximum absolute atomic E-state index is 13.5. The number of methoxy groups -OCH3 is 2. The Morgan fingerprint density at radius 3 is 2.50 bits per heavy atom. The molecule has 0 aliphatic heterocycles. The summed E-state index contributed by atoms with van der Waals surface area (Å²) in [6.45, 7) is 0. The van der Waals surface area contributed by atoms with E-state index in [4.69, 9.17) is 14.7 Å². The zero-order valence-electron chi connectivity index (χ0n) is 7.60. The molecule has 1 aromatic carbocycles. The van der Waals surface area contributed by atoms with Crippen LogP contribution in [0.4, 0.5) is 4.39 Å². The third-order valence-corrected chi connectivity index (χ3v) is 2.30. The van der Waals surface area contributed by atoms with E-state index in [-0.39, 0.29) is 17.1 Å². The van der Waals surface area contributed by atoms with E-state index in [2.05, 4.69) is 15.9 Å². The minimum absolute atomic E-state index is 0.0627. The van der Waals surface area contributed by atoms with Crippen molar-refractivity contribution in [3.8, 4) is 17.6 Å². The Hall–Kier alpha value is -1.28. The molecular formula is C9H7BrFNO2. The smallest absolute Gasteiger partial charge is 0.198 e. The summed E-state index contributed by atoms with van der Waals surface area (Å²) in [4.78, 5) is 0. The minimum atomic E-state index is -0.721. The van der Waals surface area contributed by atoms with Gasteiger partial charge in [0.25, 0.3) is 0 Å². The summed E-state index contributed by atoms with van der Waals surface area (Å²) in [7, 11) is 2.71. The zero-order valence-corrected chi connectivity index (χ0v) is 9.18. The van der Waals surface area contributed by atoms with Gasteiger partial charge >= 0.3 is 0 Å². The summed E-state index contributed by atoms with van der Waals surface area (Å²) in [5.41, 5.74) is -0.0948. The Kier molecular flexibility index (Phi) is 3.31. The molecule has 0 saturated heterocycles. The molecule has 0 saturated carbocycles. The van der Waals surface area contributed by atoms with Crippen LogP contribution in [-0.4, -0.2) is 14.2 Å². The predicted molar refractivity (Wildman–Crippen MR) is 51.9 cm³/mol. The maximum Gasteiger partial charge on any atom is 0.198 e. The first kappa shape index (κ1) is 10.8. The number of nitriles is 1. The van der Waals surface area contributed by atoms with Gasteiger partial charge in [0.1, 0.15) is 11.6 Å². The molecule has 0 N–H and O–H groups in total. The molecule has 0 unspecified atom stereocenters. The van der Waals surface area contributed by atoms with Gasteiger partial charge < -0.3 is 9.47 Å². The summed E-state index contributed by atoms with van der Waals surface area (Å²) in [6.07, 6.45) is 0. The molecule has 0 aliphatic carbocycles. The quantitative estimate of drug-likeness (QED) is 0.820. The van der Waals surface area contributed by atoms with Crippen LogP contribution in [-0.2, 0) is 0 Å². The second kappa shape index (κ2) is 4.29. The standard InChI is InChI=1S/C9H7BrFNO2/c1-13-7-3-6(10)5(4-12)8(11)9(7)14-2/h3H,1-2H3. The Balaban J connectivity index is 3.49. The van der Waals surface area contributed by atoms with Crippen molar-refractivity contribution in [3.05, 3.63) is 21.9 Å². The Labute approximate surface area is 89.2 Å². The molecule has 0 atom stereocenters. The molecule has 1 aromatic rings. The molecule has 3 nitrogen and oxygen atoms in total. The third-order valence-electron chi connectivity index (χ3n) is 1.68. The molecule has 0 fully saturated rings. The van der Waals surface area contributed by atoms with Crippen LogP contribution >= 0.6 is 15.9 Å². The van der Waals surface area contributed by atoms with Gasteiger partial charge in [-0.05, 0) is 22.0 Å². The van der Waals surface area contributed by atoms with Crippen LogP contribution < -0.4 is 9.47 Å². The van der Waals surface area contributed by atoms with Gasteiger partial charge in [-0.15, -0.1) is 0 Å². The second-order valence-corrected chi connectivity index (χ2v) is 3.25. The van der Waals surface area contributed by atoms with Crippen molar-refractivity contribution >= 4 is 15.9 Å². The molecule has 14 heavy (non-hydrogen) atoms. The average Bonchev–Trinajstić information content (AvgIpc) is 2.17. The van der Waals surface area contributed by atoms with Crippen molar-refractivity contribution in [2.24, 2.45) is 0 Å². The van der Waals surface area contributed by atoms with E-state index < -0.39 is 5.82 Å². The van der Waals surface area contributed by atoms with Gasteiger partial charge in [0, 0.05) is 4.47 Å². The highest BCUT2D eigenvalue weighted by atomic mass is 79.9. The monoisotopic (exact) mass is 259 g/mol. The van der Waals surface area contributed by atoms with Crippen molar-refractivity contribution in [2.75, 3.05) is 14.2 Å². The molecule has 0 heterocycles. The highest BCUT2D eigenvalue weighted by Crippen LogP contribution is 2.36. The molecular weight excluding hydrogens is 253 g/mol. The van der Waals surface area contributed by atoms with Gasteiger partial charge in [-0.1, -0.05) is 0 Å². The summed E-state index contributed by atoms with van der Waals surface area (Å²) in [5.74, 6) is -0.538. The van der Waals surface area contributed by atoms with Gasteiger partial charge in [0.2, 0.25) is 0 Å². The van der Waals surface area contributed by atoms with Crippen LogP contribution in [0.2, 0.25) is 0 Å². The fraction of sp³-hybridized carbons (Fsp3) is 0.222. The molecule has 0 aliphatic rings. The first-order valence-corrected chi connectivity index (χ1v) is 4.45. The van der Waals surface area contributed by atoms with Crippen LogP contribution in [0, 0.1) is 17.1 Å². The normalized spacial score (nSPS) is 9.36. The van der Waals surface area contributed by atoms with Crippen molar-refractivity contribution in [1.29, 1.82) is 5.26 Å². The fourth-order valence-corrected chi connectivity index (χ4v) is 1.49. The number of hydrogen-bond acceptors (Lipinski definition) is 3. The first-order chi connectivity index (χ1) is 6.65. The largest absolute Gasteiger partial charge is 0.493 e. The van der Waals surface area contributed by atoms with Crippen LogP contribution in [0.25, 0.3) is 0 Å². The van der Waals surface area contributed by atoms with Crippen LogP contribution in [0.3, 0.4) is 0 Å². The van der Waals surface area contributed by atoms with Crippen molar-refractivity contribution in [3.63, 3.8) is 0 Å². The molecule has 1 rings (SSSR count). The molecule has 74 valence electrons. The number of halogens is 2. The van der Waals surface area contributed by atoms with E-state index in [0.29, 0.717) is 4.47 Å². The van der Waals surface area contributed by atoms with Gasteiger partial charge in [-0.25, -0.2) is 4.39 Å². The highest BCUT2D eigenvalue weighted by Gasteiger charge is 2.18. The number of hydrogen-bond donors (Lipinski definition) is 0. The lowest BCUT2D eigenvalue weighted by atomic mass is 10.2.